The van der Waals surface area contributed by atoms with Crippen LogP contribution in [-0.4, -0.2) is 28.8 Å². The van der Waals surface area contributed by atoms with E-state index in [0.717, 1.165) is 5.56 Å². The second-order valence-corrected chi connectivity index (χ2v) is 4.05. The quantitative estimate of drug-likeness (QED) is 0.688. The zero-order chi connectivity index (χ0) is 12.8. The van der Waals surface area contributed by atoms with Crippen molar-refractivity contribution in [3.8, 4) is 0 Å². The number of benzene rings is 1. The highest BCUT2D eigenvalue weighted by Gasteiger charge is 2.20. The van der Waals surface area contributed by atoms with E-state index in [1.54, 1.807) is 18.2 Å². The number of alkyl halides is 1. The molecule has 0 radical (unpaired) electrons. The van der Waals surface area contributed by atoms with E-state index in [2.05, 4.69) is 5.32 Å². The Morgan fingerprint density at radius 3 is 2.65 bits per heavy atom. The van der Waals surface area contributed by atoms with E-state index in [-0.39, 0.29) is 18.3 Å². The summed E-state index contributed by atoms with van der Waals surface area (Å²) in [5.41, 5.74) is 1.35. The first-order chi connectivity index (χ1) is 8.06. The molecule has 0 heterocycles. The molecule has 1 aromatic rings. The number of nitrogens with one attached hydrogen (secondary N) is 1. The van der Waals surface area contributed by atoms with Gasteiger partial charge in [-0.05, 0) is 11.1 Å². The van der Waals surface area contributed by atoms with Gasteiger partial charge in [-0.25, -0.2) is 0 Å². The van der Waals surface area contributed by atoms with Crippen molar-refractivity contribution in [2.45, 2.75) is 25.0 Å². The molecule has 0 spiro atoms. The number of aliphatic hydroxyl groups is 2. The standard InChI is InChI=1S/C12H16ClNO3/c1-8(15)14-7-11(16)12(17)10-5-3-2-4-9(10)6-13/h2-5,11-12,16-17H,6-7H2,1H3,(H,14,15). The first-order valence-electron chi connectivity index (χ1n) is 5.30. The lowest BCUT2D eigenvalue weighted by molar-refractivity contribution is -0.119. The first kappa shape index (κ1) is 14.0. The number of carbonyl (C=O) groups excluding carboxylic acids is 1. The smallest absolute Gasteiger partial charge is 0.216 e. The molecule has 3 N–H and O–H groups in total. The minimum Gasteiger partial charge on any atom is -0.388 e. The molecule has 1 rings (SSSR count). The summed E-state index contributed by atoms with van der Waals surface area (Å²) < 4.78 is 0. The maximum absolute atomic E-state index is 10.7. The van der Waals surface area contributed by atoms with Crippen LogP contribution < -0.4 is 5.32 Å². The molecule has 0 aliphatic rings. The van der Waals surface area contributed by atoms with Crippen molar-refractivity contribution in [1.82, 2.24) is 5.32 Å². The van der Waals surface area contributed by atoms with Crippen molar-refractivity contribution >= 4 is 17.5 Å². The third-order valence-electron chi connectivity index (χ3n) is 2.44. The zero-order valence-corrected chi connectivity index (χ0v) is 10.3. The summed E-state index contributed by atoms with van der Waals surface area (Å²) in [5.74, 6) is 0.0157. The summed E-state index contributed by atoms with van der Waals surface area (Å²) in [7, 11) is 0. The molecule has 1 amide bonds. The molecular weight excluding hydrogens is 242 g/mol. The van der Waals surface area contributed by atoms with Gasteiger partial charge < -0.3 is 15.5 Å². The molecule has 0 saturated heterocycles. The van der Waals surface area contributed by atoms with Crippen molar-refractivity contribution in [3.63, 3.8) is 0 Å². The molecule has 4 nitrogen and oxygen atoms in total. The Bertz CT molecular complexity index is 384. The van der Waals surface area contributed by atoms with E-state index in [1.165, 1.54) is 6.92 Å². The fourth-order valence-electron chi connectivity index (χ4n) is 1.51. The highest BCUT2D eigenvalue weighted by atomic mass is 35.5. The van der Waals surface area contributed by atoms with Gasteiger partial charge in [-0.2, -0.15) is 0 Å². The Kier molecular flexibility index (Phi) is 5.41. The number of carbonyl (C=O) groups is 1. The largest absolute Gasteiger partial charge is 0.388 e. The van der Waals surface area contributed by atoms with E-state index < -0.39 is 12.2 Å². The Labute approximate surface area is 105 Å². The lowest BCUT2D eigenvalue weighted by atomic mass is 9.99. The molecule has 0 saturated carbocycles. The summed E-state index contributed by atoms with van der Waals surface area (Å²) in [6.45, 7) is 1.36. The third-order valence-corrected chi connectivity index (χ3v) is 2.73. The zero-order valence-electron chi connectivity index (χ0n) is 9.56. The summed E-state index contributed by atoms with van der Waals surface area (Å²) in [5, 5.41) is 22.1. The van der Waals surface area contributed by atoms with Crippen LogP contribution in [0, 0.1) is 0 Å². The lowest BCUT2D eigenvalue weighted by Crippen LogP contribution is -2.34. The van der Waals surface area contributed by atoms with Gasteiger partial charge in [-0.15, -0.1) is 11.6 Å². The Morgan fingerprint density at radius 2 is 2.06 bits per heavy atom. The molecule has 0 aliphatic heterocycles. The van der Waals surface area contributed by atoms with Crippen LogP contribution in [0.1, 0.15) is 24.2 Å². The van der Waals surface area contributed by atoms with Crippen molar-refractivity contribution in [1.29, 1.82) is 0 Å². The number of hydrogen-bond donors (Lipinski definition) is 3. The summed E-state index contributed by atoms with van der Waals surface area (Å²) in [6, 6.07) is 7.07. The topological polar surface area (TPSA) is 69.6 Å². The molecule has 0 aliphatic carbocycles. The Hall–Kier alpha value is -1.10. The van der Waals surface area contributed by atoms with Crippen molar-refractivity contribution in [3.05, 3.63) is 35.4 Å². The van der Waals surface area contributed by atoms with Crippen LogP contribution in [0.15, 0.2) is 24.3 Å². The number of rotatable bonds is 5. The summed E-state index contributed by atoms with van der Waals surface area (Å²) in [6.07, 6.45) is -2.11. The van der Waals surface area contributed by atoms with Crippen LogP contribution in [0.2, 0.25) is 0 Å². The predicted octanol–water partition coefficient (Wildman–Crippen LogP) is 0.956. The summed E-state index contributed by atoms with van der Waals surface area (Å²) in [4.78, 5) is 10.7. The van der Waals surface area contributed by atoms with Gasteiger partial charge in [0.05, 0.1) is 0 Å². The van der Waals surface area contributed by atoms with Crippen LogP contribution in [-0.2, 0) is 10.7 Å². The molecule has 0 bridgehead atoms. The Morgan fingerprint density at radius 1 is 1.41 bits per heavy atom. The van der Waals surface area contributed by atoms with Gasteiger partial charge in [0.1, 0.15) is 12.2 Å². The van der Waals surface area contributed by atoms with Gasteiger partial charge in [0.15, 0.2) is 0 Å². The van der Waals surface area contributed by atoms with E-state index in [9.17, 15) is 15.0 Å². The number of amides is 1. The van der Waals surface area contributed by atoms with Gasteiger partial charge in [-0.3, -0.25) is 4.79 Å². The minimum atomic E-state index is -1.06. The molecular formula is C12H16ClNO3. The van der Waals surface area contributed by atoms with Crippen molar-refractivity contribution in [2.24, 2.45) is 0 Å². The van der Waals surface area contributed by atoms with Crippen LogP contribution >= 0.6 is 11.6 Å². The highest BCUT2D eigenvalue weighted by molar-refractivity contribution is 6.17. The molecule has 0 aromatic heterocycles. The average Bonchev–Trinajstić information content (AvgIpc) is 2.34. The van der Waals surface area contributed by atoms with Gasteiger partial charge in [0.2, 0.25) is 5.91 Å². The molecule has 2 unspecified atom stereocenters. The predicted molar refractivity (Wildman–Crippen MR) is 65.6 cm³/mol. The molecule has 5 heteroatoms. The van der Waals surface area contributed by atoms with Crippen LogP contribution in [0.3, 0.4) is 0 Å². The third kappa shape index (κ3) is 4.00. The number of aliphatic hydroxyl groups excluding tert-OH is 2. The molecule has 0 fully saturated rings. The first-order valence-corrected chi connectivity index (χ1v) is 5.84. The summed E-state index contributed by atoms with van der Waals surface area (Å²) >= 11 is 5.75. The van der Waals surface area contributed by atoms with E-state index in [0.29, 0.717) is 5.56 Å². The average molecular weight is 258 g/mol. The number of halogens is 1. The fraction of sp³-hybridized carbons (Fsp3) is 0.417. The van der Waals surface area contributed by atoms with Crippen LogP contribution in [0.25, 0.3) is 0 Å². The maximum Gasteiger partial charge on any atom is 0.216 e. The van der Waals surface area contributed by atoms with Gasteiger partial charge in [-0.1, -0.05) is 24.3 Å². The molecule has 2 atom stereocenters. The Balaban J connectivity index is 2.73. The second kappa shape index (κ2) is 6.59. The minimum absolute atomic E-state index is 0.00706. The SMILES string of the molecule is CC(=O)NCC(O)C(O)c1ccccc1CCl. The monoisotopic (exact) mass is 257 g/mol. The molecule has 1 aromatic carbocycles. The van der Waals surface area contributed by atoms with Crippen LogP contribution in [0.4, 0.5) is 0 Å². The normalized spacial score (nSPS) is 14.1. The number of hydrogen-bond acceptors (Lipinski definition) is 3. The highest BCUT2D eigenvalue weighted by Crippen LogP contribution is 2.22. The fourth-order valence-corrected chi connectivity index (χ4v) is 1.76. The van der Waals surface area contributed by atoms with E-state index >= 15 is 0 Å². The van der Waals surface area contributed by atoms with Gasteiger partial charge in [0.25, 0.3) is 0 Å². The van der Waals surface area contributed by atoms with Crippen molar-refractivity contribution in [2.75, 3.05) is 6.54 Å². The van der Waals surface area contributed by atoms with Crippen molar-refractivity contribution < 1.29 is 15.0 Å². The molecule has 94 valence electrons. The molecule has 17 heavy (non-hydrogen) atoms. The van der Waals surface area contributed by atoms with Gasteiger partial charge >= 0.3 is 0 Å². The lowest BCUT2D eigenvalue weighted by Gasteiger charge is -2.20. The maximum atomic E-state index is 10.7. The second-order valence-electron chi connectivity index (χ2n) is 3.78. The van der Waals surface area contributed by atoms with Gasteiger partial charge in [0, 0.05) is 19.3 Å². The van der Waals surface area contributed by atoms with Crippen LogP contribution in [0.5, 0.6) is 0 Å². The van der Waals surface area contributed by atoms with E-state index in [4.69, 9.17) is 11.6 Å². The van der Waals surface area contributed by atoms with E-state index in [1.807, 2.05) is 6.07 Å².